The van der Waals surface area contributed by atoms with E-state index in [0.29, 0.717) is 18.0 Å². The lowest BCUT2D eigenvalue weighted by Gasteiger charge is -2.41. The van der Waals surface area contributed by atoms with Crippen molar-refractivity contribution in [3.05, 3.63) is 23.9 Å². The summed E-state index contributed by atoms with van der Waals surface area (Å²) in [6.45, 7) is 0. The number of nitrogens with zero attached hydrogens (tertiary/aromatic N) is 5. The molecule has 162 valence electrons. The number of anilines is 2. The smallest absolute Gasteiger partial charge is 0.368 e. The molecule has 0 aromatic carbocycles. The number of hydrogen-bond acceptors (Lipinski definition) is 6. The molecule has 2 aromatic heterocycles. The first-order valence-electron chi connectivity index (χ1n) is 10.8. The monoisotopic (exact) mass is 420 g/mol. The standard InChI is InChI=1S/C21H27F3N6/c22-21(23,24)17-13-7-12-16(26-17)18-27-19(25)29-20(28-18)30(14-8-3-1-4-9-14)15-10-5-2-6-11-15/h7,12-15H,1-6,8-11H2,(H2,25,27,28,29). The summed E-state index contributed by atoms with van der Waals surface area (Å²) in [5.41, 5.74) is 5.05. The molecular weight excluding hydrogens is 393 g/mol. The molecule has 0 saturated heterocycles. The Bertz CT molecular complexity index is 842. The molecule has 2 saturated carbocycles. The summed E-state index contributed by atoms with van der Waals surface area (Å²) in [5, 5.41) is 0. The van der Waals surface area contributed by atoms with Crippen LogP contribution in [0.25, 0.3) is 11.5 Å². The molecule has 0 spiro atoms. The van der Waals surface area contributed by atoms with Gasteiger partial charge in [0, 0.05) is 12.1 Å². The van der Waals surface area contributed by atoms with Gasteiger partial charge in [-0.3, -0.25) is 0 Å². The molecule has 9 heteroatoms. The van der Waals surface area contributed by atoms with Crippen molar-refractivity contribution < 1.29 is 13.2 Å². The highest BCUT2D eigenvalue weighted by Gasteiger charge is 2.34. The van der Waals surface area contributed by atoms with Crippen LogP contribution in [0.15, 0.2) is 18.2 Å². The van der Waals surface area contributed by atoms with Crippen LogP contribution in [0.4, 0.5) is 25.1 Å². The molecule has 6 nitrogen and oxygen atoms in total. The third-order valence-corrected chi connectivity index (χ3v) is 6.08. The van der Waals surface area contributed by atoms with Crippen LogP contribution in [0.3, 0.4) is 0 Å². The number of aromatic nitrogens is 4. The molecule has 2 aliphatic rings. The Balaban J connectivity index is 1.72. The van der Waals surface area contributed by atoms with Gasteiger partial charge in [0.15, 0.2) is 5.82 Å². The van der Waals surface area contributed by atoms with Crippen molar-refractivity contribution >= 4 is 11.9 Å². The van der Waals surface area contributed by atoms with Gasteiger partial charge in [0.05, 0.1) is 0 Å². The van der Waals surface area contributed by atoms with E-state index in [1.165, 1.54) is 25.0 Å². The van der Waals surface area contributed by atoms with Crippen molar-refractivity contribution in [2.75, 3.05) is 10.6 Å². The summed E-state index contributed by atoms with van der Waals surface area (Å²) >= 11 is 0. The van der Waals surface area contributed by atoms with Crippen molar-refractivity contribution in [1.29, 1.82) is 0 Å². The Kier molecular flexibility index (Phi) is 6.06. The quantitative estimate of drug-likeness (QED) is 0.749. The van der Waals surface area contributed by atoms with E-state index < -0.39 is 11.9 Å². The zero-order chi connectivity index (χ0) is 21.1. The highest BCUT2D eigenvalue weighted by Crippen LogP contribution is 2.34. The highest BCUT2D eigenvalue weighted by molar-refractivity contribution is 5.54. The summed E-state index contributed by atoms with van der Waals surface area (Å²) in [6, 6.07) is 4.37. The summed E-state index contributed by atoms with van der Waals surface area (Å²) in [7, 11) is 0. The van der Waals surface area contributed by atoms with Gasteiger partial charge in [-0.1, -0.05) is 44.6 Å². The van der Waals surface area contributed by atoms with Crippen LogP contribution in [0.2, 0.25) is 0 Å². The largest absolute Gasteiger partial charge is 0.433 e. The zero-order valence-electron chi connectivity index (χ0n) is 16.9. The summed E-state index contributed by atoms with van der Waals surface area (Å²) in [5.74, 6) is 0.557. The summed E-state index contributed by atoms with van der Waals surface area (Å²) in [6.07, 6.45) is 6.85. The van der Waals surface area contributed by atoms with Crippen LogP contribution in [-0.2, 0) is 6.18 Å². The number of halogens is 3. The molecule has 2 aliphatic carbocycles. The van der Waals surface area contributed by atoms with E-state index in [0.717, 1.165) is 57.4 Å². The van der Waals surface area contributed by atoms with Crippen LogP contribution in [0.1, 0.15) is 69.9 Å². The van der Waals surface area contributed by atoms with Crippen LogP contribution < -0.4 is 10.6 Å². The first kappa shape index (κ1) is 20.8. The van der Waals surface area contributed by atoms with Crippen molar-refractivity contribution in [2.24, 2.45) is 0 Å². The van der Waals surface area contributed by atoms with Gasteiger partial charge in [-0.15, -0.1) is 0 Å². The third-order valence-electron chi connectivity index (χ3n) is 6.08. The van der Waals surface area contributed by atoms with Gasteiger partial charge in [-0.05, 0) is 37.8 Å². The van der Waals surface area contributed by atoms with Gasteiger partial charge in [0.2, 0.25) is 11.9 Å². The van der Waals surface area contributed by atoms with Gasteiger partial charge >= 0.3 is 6.18 Å². The van der Waals surface area contributed by atoms with Crippen molar-refractivity contribution in [1.82, 2.24) is 19.9 Å². The van der Waals surface area contributed by atoms with Crippen LogP contribution in [-0.4, -0.2) is 32.0 Å². The van der Waals surface area contributed by atoms with Gasteiger partial charge in [0.25, 0.3) is 0 Å². The van der Waals surface area contributed by atoms with E-state index >= 15 is 0 Å². The number of hydrogen-bond donors (Lipinski definition) is 1. The topological polar surface area (TPSA) is 80.8 Å². The minimum Gasteiger partial charge on any atom is -0.368 e. The fourth-order valence-corrected chi connectivity index (χ4v) is 4.67. The van der Waals surface area contributed by atoms with E-state index in [-0.39, 0.29) is 17.5 Å². The molecule has 0 radical (unpaired) electrons. The molecule has 0 aliphatic heterocycles. The Labute approximate surface area is 174 Å². The lowest BCUT2D eigenvalue weighted by molar-refractivity contribution is -0.141. The second kappa shape index (κ2) is 8.73. The van der Waals surface area contributed by atoms with Gasteiger partial charge in [-0.2, -0.15) is 28.1 Å². The number of rotatable bonds is 4. The lowest BCUT2D eigenvalue weighted by Crippen LogP contribution is -2.46. The first-order chi connectivity index (χ1) is 14.4. The van der Waals surface area contributed by atoms with Crippen LogP contribution in [0.5, 0.6) is 0 Å². The van der Waals surface area contributed by atoms with Crippen LogP contribution in [0, 0.1) is 0 Å². The maximum Gasteiger partial charge on any atom is 0.433 e. The lowest BCUT2D eigenvalue weighted by atomic mass is 9.89. The molecule has 4 rings (SSSR count). The number of pyridine rings is 1. The van der Waals surface area contributed by atoms with E-state index in [4.69, 9.17) is 5.73 Å². The second-order valence-electron chi connectivity index (χ2n) is 8.21. The van der Waals surface area contributed by atoms with Crippen molar-refractivity contribution in [3.8, 4) is 11.5 Å². The fraction of sp³-hybridized carbons (Fsp3) is 0.619. The minimum atomic E-state index is -4.53. The number of alkyl halides is 3. The van der Waals surface area contributed by atoms with Gasteiger partial charge in [0.1, 0.15) is 11.4 Å². The number of nitrogen functional groups attached to an aromatic ring is 1. The van der Waals surface area contributed by atoms with Gasteiger partial charge < -0.3 is 10.6 Å². The Morgan fingerprint density at radius 2 is 1.40 bits per heavy atom. The van der Waals surface area contributed by atoms with Gasteiger partial charge in [-0.25, -0.2) is 4.98 Å². The molecule has 0 bridgehead atoms. The molecule has 0 amide bonds. The molecule has 2 N–H and O–H groups in total. The fourth-order valence-electron chi connectivity index (χ4n) is 4.67. The van der Waals surface area contributed by atoms with E-state index in [1.807, 2.05) is 0 Å². The minimum absolute atomic E-state index is 0.00540. The molecule has 2 aromatic rings. The zero-order valence-corrected chi connectivity index (χ0v) is 16.9. The first-order valence-corrected chi connectivity index (χ1v) is 10.8. The van der Waals surface area contributed by atoms with E-state index in [1.54, 1.807) is 0 Å². The van der Waals surface area contributed by atoms with E-state index in [9.17, 15) is 13.2 Å². The van der Waals surface area contributed by atoms with Crippen LogP contribution >= 0.6 is 0 Å². The average Bonchev–Trinajstić information content (AvgIpc) is 2.75. The Hall–Kier alpha value is -2.45. The number of nitrogens with two attached hydrogens (primary N) is 1. The highest BCUT2D eigenvalue weighted by atomic mass is 19.4. The SMILES string of the molecule is Nc1nc(-c2cccc(C(F)(F)F)n2)nc(N(C2CCCCC2)C2CCCCC2)n1. The average molecular weight is 420 g/mol. The predicted octanol–water partition coefficient (Wildman–Crippen LogP) is 5.01. The molecule has 30 heavy (non-hydrogen) atoms. The summed E-state index contributed by atoms with van der Waals surface area (Å²) < 4.78 is 39.3. The van der Waals surface area contributed by atoms with Crippen molar-refractivity contribution in [2.45, 2.75) is 82.5 Å². The molecule has 0 unspecified atom stereocenters. The Morgan fingerprint density at radius 1 is 0.800 bits per heavy atom. The van der Waals surface area contributed by atoms with E-state index in [2.05, 4.69) is 24.8 Å². The molecule has 0 atom stereocenters. The predicted molar refractivity (Wildman–Crippen MR) is 109 cm³/mol. The Morgan fingerprint density at radius 3 is 1.97 bits per heavy atom. The second-order valence-corrected chi connectivity index (χ2v) is 8.21. The maximum absolute atomic E-state index is 13.1. The molecule has 2 heterocycles. The third kappa shape index (κ3) is 4.65. The molecular formula is C21H27F3N6. The van der Waals surface area contributed by atoms with Crippen molar-refractivity contribution in [3.63, 3.8) is 0 Å². The normalized spacial score (nSPS) is 19.0. The summed E-state index contributed by atoms with van der Waals surface area (Å²) in [4.78, 5) is 19.1. The molecule has 2 fully saturated rings. The maximum atomic E-state index is 13.1.